The molecule has 0 unspecified atom stereocenters. The maximum Gasteiger partial charge on any atom is 2.00 e. The Kier molecular flexibility index (Phi) is 44.8. The smallest absolute Gasteiger partial charge is 0.493 e. The monoisotopic (exact) mass is 1040 g/mol. The zero-order valence-corrected chi connectivity index (χ0v) is 49.1. The van der Waals surface area contributed by atoms with Gasteiger partial charge in [-0.25, -0.2) is 4.70 Å². The number of aryl methyl sites for hydroxylation is 4. The molecule has 2 aromatic carbocycles. The second-order valence-electron chi connectivity index (χ2n) is 21.0. The molecule has 0 amide bonds. The van der Waals surface area contributed by atoms with E-state index in [-0.39, 0.29) is 20.4 Å². The van der Waals surface area contributed by atoms with Crippen LogP contribution in [-0.4, -0.2) is 4.70 Å². The molecule has 2 aromatic rings. The van der Waals surface area contributed by atoms with Crippen molar-refractivity contribution in [3.63, 3.8) is 0 Å². The van der Waals surface area contributed by atoms with E-state index in [1.807, 2.05) is 0 Å². The van der Waals surface area contributed by atoms with Gasteiger partial charge in [0.1, 0.15) is 0 Å². The van der Waals surface area contributed by atoms with Crippen LogP contribution in [0.2, 0.25) is 0 Å². The zero-order valence-electron chi connectivity index (χ0n) is 47.6. The molecule has 0 fully saturated rings. The molecule has 1 aliphatic heterocycles. The third-order valence-electron chi connectivity index (χ3n) is 14.6. The van der Waals surface area contributed by atoms with Crippen LogP contribution >= 0.6 is 0 Å². The molecule has 0 N–H and O–H groups in total. The number of benzene rings is 2. The standard InChI is InChI=1S/C38H56N2.2C14H29.Pd/c1-8-12-16-20-31-25-34(26-32(21-17-13-9-2)36(31)22-18-14-10-3)37-27-33(19-15-11-4)38(40(37)39)35-23-28(5)30(7)29(6)24-35;2*1-3-5-7-9-11-13-14-12-10-8-6-4-2;/h23-27H,8-22H2,1-7H3;2*1,3-14H2,2H3;/q;2*-1;+2. The summed E-state index contributed by atoms with van der Waals surface area (Å²) in [6.45, 7) is 28.0. The van der Waals surface area contributed by atoms with E-state index in [2.05, 4.69) is 107 Å². The molecule has 0 atom stereocenters. The van der Waals surface area contributed by atoms with Crippen molar-refractivity contribution in [1.29, 1.82) is 0 Å². The van der Waals surface area contributed by atoms with Crippen molar-refractivity contribution < 1.29 is 25.1 Å². The topological polar surface area (TPSA) is 25.3 Å². The first-order valence-electron chi connectivity index (χ1n) is 29.9. The number of unbranched alkanes of at least 4 members (excludes halogenated alkanes) is 29. The minimum atomic E-state index is 0. The maximum atomic E-state index is 11.8. The summed E-state index contributed by atoms with van der Waals surface area (Å²) >= 11 is 0. The van der Waals surface area contributed by atoms with Gasteiger partial charge in [-0.05, 0) is 130 Å². The molecule has 0 bridgehead atoms. The predicted octanol–water partition coefficient (Wildman–Crippen LogP) is 22.8. The van der Waals surface area contributed by atoms with Gasteiger partial charge in [0.15, 0.2) is 0 Å². The van der Waals surface area contributed by atoms with Crippen molar-refractivity contribution in [2.45, 2.75) is 313 Å². The Morgan fingerprint density at radius 1 is 0.391 bits per heavy atom. The molecule has 1 aliphatic rings. The summed E-state index contributed by atoms with van der Waals surface area (Å²) in [5.74, 6) is 0. The number of hydrogen-bond donors (Lipinski definition) is 0. The van der Waals surface area contributed by atoms with Crippen molar-refractivity contribution in [3.8, 4) is 0 Å². The van der Waals surface area contributed by atoms with E-state index in [1.165, 1.54) is 249 Å². The molecule has 3 rings (SSSR count). The third-order valence-corrected chi connectivity index (χ3v) is 14.6. The third kappa shape index (κ3) is 30.1. The van der Waals surface area contributed by atoms with Gasteiger partial charge < -0.3 is 19.4 Å². The Bertz CT molecular complexity index is 1510. The quantitative estimate of drug-likeness (QED) is 0.0276. The summed E-state index contributed by atoms with van der Waals surface area (Å²) in [5, 5.41) is 0. The van der Waals surface area contributed by atoms with Gasteiger partial charge in [0, 0.05) is 22.8 Å². The van der Waals surface area contributed by atoms with Crippen LogP contribution in [0.4, 0.5) is 0 Å². The summed E-state index contributed by atoms with van der Waals surface area (Å²) in [5.41, 5.74) is 25.9. The molecule has 0 aromatic heterocycles. The fourth-order valence-electron chi connectivity index (χ4n) is 9.87. The van der Waals surface area contributed by atoms with Crippen LogP contribution in [-0.2, 0) is 39.7 Å². The second-order valence-corrected chi connectivity index (χ2v) is 21.0. The van der Waals surface area contributed by atoms with E-state index in [9.17, 15) is 5.53 Å². The number of allylic oxidation sites excluding steroid dienone is 2. The van der Waals surface area contributed by atoms with Crippen molar-refractivity contribution >= 4 is 11.4 Å². The summed E-state index contributed by atoms with van der Waals surface area (Å²) in [4.78, 5) is 0. The van der Waals surface area contributed by atoms with Crippen LogP contribution in [0.3, 0.4) is 0 Å². The molecule has 0 saturated heterocycles. The van der Waals surface area contributed by atoms with Crippen molar-refractivity contribution in [2.24, 2.45) is 0 Å². The van der Waals surface area contributed by atoms with Crippen LogP contribution in [0.25, 0.3) is 16.9 Å². The normalized spacial score (nSPS) is 12.2. The van der Waals surface area contributed by atoms with Gasteiger partial charge in [-0.1, -0.05) is 228 Å². The van der Waals surface area contributed by atoms with E-state index in [0.29, 0.717) is 0 Å². The Balaban J connectivity index is 0.00000131. The molecular weight excluding hydrogens is 927 g/mol. The van der Waals surface area contributed by atoms with E-state index in [4.69, 9.17) is 0 Å². The van der Waals surface area contributed by atoms with Crippen LogP contribution in [0.5, 0.6) is 0 Å². The summed E-state index contributed by atoms with van der Waals surface area (Å²) < 4.78 is 1.52. The minimum Gasteiger partial charge on any atom is -0.493 e. The largest absolute Gasteiger partial charge is 2.00 e. The molecule has 0 aliphatic carbocycles. The zero-order chi connectivity index (χ0) is 50.0. The second kappa shape index (κ2) is 46.0. The van der Waals surface area contributed by atoms with Gasteiger partial charge in [-0.3, -0.25) is 0 Å². The van der Waals surface area contributed by atoms with Gasteiger partial charge in [0.25, 0.3) is 0 Å². The van der Waals surface area contributed by atoms with E-state index in [0.717, 1.165) is 61.9 Å². The molecule has 69 heavy (non-hydrogen) atoms. The Hall–Kier alpha value is -1.82. The van der Waals surface area contributed by atoms with Crippen LogP contribution in [0.15, 0.2) is 35.9 Å². The molecule has 1 heterocycles. The van der Waals surface area contributed by atoms with E-state index in [1.54, 1.807) is 5.56 Å². The Morgan fingerprint density at radius 2 is 0.725 bits per heavy atom. The Morgan fingerprint density at radius 3 is 1.09 bits per heavy atom. The van der Waals surface area contributed by atoms with Gasteiger partial charge in [0.2, 0.25) is 11.4 Å². The summed E-state index contributed by atoms with van der Waals surface area (Å²) in [6.07, 6.45) is 54.1. The van der Waals surface area contributed by atoms with Crippen molar-refractivity contribution in [2.75, 3.05) is 0 Å². The predicted molar refractivity (Wildman–Crippen MR) is 308 cm³/mol. The van der Waals surface area contributed by atoms with E-state index < -0.39 is 0 Å². The number of nitrogens with zero attached hydrogens (tertiary/aromatic N) is 2. The maximum absolute atomic E-state index is 11.8. The fraction of sp³-hybridized carbons (Fsp3) is 0.727. The molecule has 2 nitrogen and oxygen atoms in total. The van der Waals surface area contributed by atoms with Crippen molar-refractivity contribution in [3.05, 3.63) is 99.8 Å². The van der Waals surface area contributed by atoms with Gasteiger partial charge in [0.05, 0.1) is 0 Å². The average Bonchev–Trinajstić information content (AvgIpc) is 3.67. The first kappa shape index (κ1) is 67.2. The van der Waals surface area contributed by atoms with Crippen molar-refractivity contribution in [1.82, 2.24) is 0 Å². The van der Waals surface area contributed by atoms with E-state index >= 15 is 0 Å². The molecule has 3 heteroatoms. The first-order valence-corrected chi connectivity index (χ1v) is 29.9. The van der Waals surface area contributed by atoms with Gasteiger partial charge in [-0.15, -0.1) is 0 Å². The van der Waals surface area contributed by atoms with Crippen LogP contribution in [0.1, 0.15) is 317 Å². The SMILES string of the molecule is CCCCCc1cc(C2=CC(CCCC)=C(c3cc(C)c(C)c(C)c3)[N+]2=[N-])cc(CCCCC)c1CCCCC.[CH2-]CCCCCCCCCCCCC.[CH2-]CCCCCCCCCCCCC.[Pd+2]. The minimum absolute atomic E-state index is 0. The summed E-state index contributed by atoms with van der Waals surface area (Å²) in [7, 11) is 0. The Labute approximate surface area is 446 Å². The molecule has 398 valence electrons. The van der Waals surface area contributed by atoms with Crippen LogP contribution < -0.4 is 0 Å². The average molecular weight is 1040 g/mol. The molecule has 0 spiro atoms. The fourth-order valence-corrected chi connectivity index (χ4v) is 9.87. The molecular formula is C66H114N2Pd. The van der Waals surface area contributed by atoms with Gasteiger partial charge >= 0.3 is 20.4 Å². The molecule has 0 saturated carbocycles. The number of rotatable bonds is 39. The first-order chi connectivity index (χ1) is 33.2. The molecule has 0 radical (unpaired) electrons. The van der Waals surface area contributed by atoms with Crippen LogP contribution in [0, 0.1) is 34.6 Å². The van der Waals surface area contributed by atoms with Gasteiger partial charge in [-0.2, -0.15) is 12.8 Å². The summed E-state index contributed by atoms with van der Waals surface area (Å²) in [6, 6.07) is 9.38. The number of hydrogen-bond acceptors (Lipinski definition) is 0.